The van der Waals surface area contributed by atoms with Gasteiger partial charge < -0.3 is 9.84 Å². The number of carboxylic acid groups (broad SMARTS) is 1. The Morgan fingerprint density at radius 1 is 1.40 bits per heavy atom. The molecule has 1 aliphatic rings. The lowest BCUT2D eigenvalue weighted by Crippen LogP contribution is -2.34. The van der Waals surface area contributed by atoms with Crippen LogP contribution in [0.15, 0.2) is 22.7 Å². The van der Waals surface area contributed by atoms with Gasteiger partial charge in [0, 0.05) is 0 Å². The molecule has 2 unspecified atom stereocenters. The fourth-order valence-electron chi connectivity index (χ4n) is 3.26. The van der Waals surface area contributed by atoms with Gasteiger partial charge in [0.15, 0.2) is 0 Å². The highest BCUT2D eigenvalue weighted by molar-refractivity contribution is 9.10. The first-order valence-electron chi connectivity index (χ1n) is 6.96. The molecule has 1 aromatic rings. The van der Waals surface area contributed by atoms with Gasteiger partial charge >= 0.3 is 5.97 Å². The number of benzene rings is 1. The fraction of sp³-hybridized carbons (Fsp3) is 0.562. The molecule has 0 aromatic heterocycles. The highest BCUT2D eigenvalue weighted by atomic mass is 79.9. The van der Waals surface area contributed by atoms with Crippen LogP contribution >= 0.6 is 15.9 Å². The molecule has 0 aliphatic heterocycles. The molecule has 3 nitrogen and oxygen atoms in total. The lowest BCUT2D eigenvalue weighted by Gasteiger charge is -2.39. The van der Waals surface area contributed by atoms with E-state index in [1.807, 2.05) is 0 Å². The van der Waals surface area contributed by atoms with Crippen molar-refractivity contribution in [3.05, 3.63) is 28.2 Å². The zero-order valence-corrected chi connectivity index (χ0v) is 13.7. The van der Waals surface area contributed by atoms with E-state index in [2.05, 4.69) is 36.7 Å². The summed E-state index contributed by atoms with van der Waals surface area (Å²) in [5.41, 5.74) is 0.567. The normalized spacial score (nSPS) is 25.2. The molecule has 4 heteroatoms. The number of halogens is 1. The Morgan fingerprint density at radius 3 is 2.65 bits per heavy atom. The van der Waals surface area contributed by atoms with E-state index < -0.39 is 5.97 Å². The Hall–Kier alpha value is -1.03. The van der Waals surface area contributed by atoms with Crippen molar-refractivity contribution in [2.24, 2.45) is 11.3 Å². The molecule has 0 radical (unpaired) electrons. The van der Waals surface area contributed by atoms with Crippen LogP contribution in [0.2, 0.25) is 0 Å². The van der Waals surface area contributed by atoms with Crippen molar-refractivity contribution in [1.82, 2.24) is 0 Å². The minimum absolute atomic E-state index is 0.195. The average Bonchev–Trinajstić information content (AvgIpc) is 2.28. The van der Waals surface area contributed by atoms with Gasteiger partial charge in [-0.3, -0.25) is 0 Å². The molecule has 0 spiro atoms. The van der Waals surface area contributed by atoms with E-state index >= 15 is 0 Å². The van der Waals surface area contributed by atoms with E-state index in [9.17, 15) is 4.79 Å². The maximum atomic E-state index is 10.9. The van der Waals surface area contributed by atoms with Crippen molar-refractivity contribution in [1.29, 1.82) is 0 Å². The summed E-state index contributed by atoms with van der Waals surface area (Å²) in [4.78, 5) is 10.9. The molecule has 20 heavy (non-hydrogen) atoms. The summed E-state index contributed by atoms with van der Waals surface area (Å²) in [7, 11) is 0. The quantitative estimate of drug-likeness (QED) is 0.864. The second kappa shape index (κ2) is 5.76. The molecule has 1 saturated carbocycles. The first-order valence-corrected chi connectivity index (χ1v) is 7.76. The second-order valence-corrected chi connectivity index (χ2v) is 7.46. The summed E-state index contributed by atoms with van der Waals surface area (Å²) in [5, 5.41) is 8.96. The minimum Gasteiger partial charge on any atom is -0.489 e. The lowest BCUT2D eigenvalue weighted by molar-refractivity contribution is 0.0557. The summed E-state index contributed by atoms with van der Waals surface area (Å²) in [5.74, 6) is 0.454. The Kier molecular flexibility index (Phi) is 4.43. The van der Waals surface area contributed by atoms with Crippen LogP contribution in [0, 0.1) is 11.3 Å². The van der Waals surface area contributed by atoms with E-state index in [1.165, 1.54) is 6.42 Å². The highest BCUT2D eigenvalue weighted by Crippen LogP contribution is 2.40. The molecule has 1 aromatic carbocycles. The van der Waals surface area contributed by atoms with Gasteiger partial charge in [0.1, 0.15) is 5.75 Å². The average molecular weight is 341 g/mol. The van der Waals surface area contributed by atoms with E-state index in [1.54, 1.807) is 18.2 Å². The first-order chi connectivity index (χ1) is 9.27. The summed E-state index contributed by atoms with van der Waals surface area (Å²) in [6.07, 6.45) is 3.51. The van der Waals surface area contributed by atoms with Crippen LogP contribution in [0.25, 0.3) is 0 Å². The molecule has 0 saturated heterocycles. The van der Waals surface area contributed by atoms with E-state index in [0.29, 0.717) is 15.8 Å². The third kappa shape index (κ3) is 3.75. The van der Waals surface area contributed by atoms with Crippen LogP contribution in [0.3, 0.4) is 0 Å². The van der Waals surface area contributed by atoms with Gasteiger partial charge in [-0.25, -0.2) is 4.79 Å². The van der Waals surface area contributed by atoms with Crippen LogP contribution in [-0.2, 0) is 0 Å². The molecule has 1 fully saturated rings. The van der Waals surface area contributed by atoms with Crippen molar-refractivity contribution in [3.63, 3.8) is 0 Å². The monoisotopic (exact) mass is 340 g/mol. The number of hydrogen-bond acceptors (Lipinski definition) is 2. The van der Waals surface area contributed by atoms with Crippen molar-refractivity contribution in [2.75, 3.05) is 0 Å². The van der Waals surface area contributed by atoms with Gasteiger partial charge in [-0.2, -0.15) is 0 Å². The molecule has 1 N–H and O–H groups in total. The molecule has 1 aliphatic carbocycles. The number of aromatic carboxylic acids is 1. The minimum atomic E-state index is -0.926. The van der Waals surface area contributed by atoms with Crippen molar-refractivity contribution in [3.8, 4) is 5.75 Å². The zero-order valence-electron chi connectivity index (χ0n) is 12.1. The number of hydrogen-bond donors (Lipinski definition) is 1. The third-order valence-corrected chi connectivity index (χ3v) is 4.44. The lowest BCUT2D eigenvalue weighted by atomic mass is 9.71. The highest BCUT2D eigenvalue weighted by Gasteiger charge is 2.33. The molecule has 2 atom stereocenters. The summed E-state index contributed by atoms with van der Waals surface area (Å²) < 4.78 is 6.79. The largest absolute Gasteiger partial charge is 0.489 e. The Bertz CT molecular complexity index is 510. The molecule has 0 amide bonds. The maximum Gasteiger partial charge on any atom is 0.335 e. The van der Waals surface area contributed by atoms with Crippen LogP contribution in [0.1, 0.15) is 50.4 Å². The zero-order chi connectivity index (χ0) is 14.9. The Balaban J connectivity index is 2.12. The summed E-state index contributed by atoms with van der Waals surface area (Å²) in [6, 6.07) is 4.91. The fourth-order valence-corrected chi connectivity index (χ4v) is 3.73. The van der Waals surface area contributed by atoms with Crippen LogP contribution in [0.4, 0.5) is 0 Å². The first kappa shape index (κ1) is 15.4. The molecule has 2 rings (SSSR count). The van der Waals surface area contributed by atoms with E-state index in [0.717, 1.165) is 18.6 Å². The van der Waals surface area contributed by atoms with Crippen molar-refractivity contribution in [2.45, 2.75) is 46.1 Å². The number of carboxylic acids is 1. The van der Waals surface area contributed by atoms with Crippen LogP contribution < -0.4 is 4.74 Å². The standard InChI is InChI=1S/C16H21BrO3/c1-10-6-12(9-16(2,3)8-10)20-14-5-4-11(15(18)19)7-13(14)17/h4-5,7,10,12H,6,8-9H2,1-3H3,(H,18,19). The predicted octanol–water partition coefficient (Wildman–Crippen LogP) is 4.74. The van der Waals surface area contributed by atoms with E-state index in [-0.39, 0.29) is 11.7 Å². The maximum absolute atomic E-state index is 10.9. The number of rotatable bonds is 3. The molecular formula is C16H21BrO3. The summed E-state index contributed by atoms with van der Waals surface area (Å²) in [6.45, 7) is 6.82. The van der Waals surface area contributed by atoms with Gasteiger partial charge in [-0.15, -0.1) is 0 Å². The molecular weight excluding hydrogens is 320 g/mol. The molecule has 0 bridgehead atoms. The predicted molar refractivity (Wildman–Crippen MR) is 82.3 cm³/mol. The van der Waals surface area contributed by atoms with Crippen LogP contribution in [0.5, 0.6) is 5.75 Å². The topological polar surface area (TPSA) is 46.5 Å². The van der Waals surface area contributed by atoms with Gasteiger partial charge in [0.05, 0.1) is 16.1 Å². The van der Waals surface area contributed by atoms with Gasteiger partial charge in [0.25, 0.3) is 0 Å². The molecule has 110 valence electrons. The van der Waals surface area contributed by atoms with Gasteiger partial charge in [-0.1, -0.05) is 20.8 Å². The number of carbonyl (C=O) groups is 1. The Morgan fingerprint density at radius 2 is 2.10 bits per heavy atom. The van der Waals surface area contributed by atoms with Gasteiger partial charge in [0.2, 0.25) is 0 Å². The third-order valence-electron chi connectivity index (χ3n) is 3.82. The Labute approximate surface area is 128 Å². The summed E-state index contributed by atoms with van der Waals surface area (Å²) >= 11 is 3.40. The van der Waals surface area contributed by atoms with Gasteiger partial charge in [-0.05, 0) is 64.7 Å². The SMILES string of the molecule is CC1CC(Oc2ccc(C(=O)O)cc2Br)CC(C)(C)C1. The van der Waals surface area contributed by atoms with E-state index in [4.69, 9.17) is 9.84 Å². The molecule has 0 heterocycles. The number of ether oxygens (including phenoxy) is 1. The van der Waals surface area contributed by atoms with Crippen LogP contribution in [-0.4, -0.2) is 17.2 Å². The smallest absolute Gasteiger partial charge is 0.335 e. The van der Waals surface area contributed by atoms with Crippen molar-refractivity contribution >= 4 is 21.9 Å². The second-order valence-electron chi connectivity index (χ2n) is 6.60. The van der Waals surface area contributed by atoms with Crippen molar-refractivity contribution < 1.29 is 14.6 Å².